The lowest BCUT2D eigenvalue weighted by Crippen LogP contribution is -2.20. The molecule has 17 heavy (non-hydrogen) atoms. The van der Waals surface area contributed by atoms with Crippen LogP contribution >= 0.6 is 27.3 Å². The molecule has 0 amide bonds. The highest BCUT2D eigenvalue weighted by Gasteiger charge is 2.23. The van der Waals surface area contributed by atoms with Gasteiger partial charge in [0.15, 0.2) is 0 Å². The monoisotopic (exact) mass is 316 g/mol. The summed E-state index contributed by atoms with van der Waals surface area (Å²) >= 11 is 5.39. The Bertz CT molecular complexity index is 370. The van der Waals surface area contributed by atoms with Crippen molar-refractivity contribution in [3.63, 3.8) is 0 Å². The first-order valence-electron chi connectivity index (χ1n) is 6.22. The second-order valence-corrected chi connectivity index (χ2v) is 7.51. The summed E-state index contributed by atoms with van der Waals surface area (Å²) in [4.78, 5) is 7.29. The molecule has 0 spiro atoms. The van der Waals surface area contributed by atoms with Crippen molar-refractivity contribution >= 4 is 27.3 Å². The van der Waals surface area contributed by atoms with Crippen LogP contribution in [0.3, 0.4) is 0 Å². The molecular formula is C13H21BrN2S. The summed E-state index contributed by atoms with van der Waals surface area (Å²) in [6.45, 7) is 10.1. The van der Waals surface area contributed by atoms with Crippen LogP contribution in [0, 0.1) is 5.92 Å². The molecule has 2 rings (SSSR count). The molecule has 1 aromatic rings. The van der Waals surface area contributed by atoms with E-state index in [2.05, 4.69) is 47.0 Å². The Morgan fingerprint density at radius 2 is 2.29 bits per heavy atom. The maximum Gasteiger partial charge on any atom is 0.107 e. The van der Waals surface area contributed by atoms with Gasteiger partial charge in [-0.1, -0.05) is 36.7 Å². The SMILES string of the molecule is CC(C)(C)c1csc(CN2CCC(CBr)C2)n1. The lowest BCUT2D eigenvalue weighted by Gasteiger charge is -2.15. The van der Waals surface area contributed by atoms with Crippen LogP contribution in [-0.2, 0) is 12.0 Å². The maximum absolute atomic E-state index is 4.76. The van der Waals surface area contributed by atoms with Gasteiger partial charge in [-0.05, 0) is 18.9 Å². The van der Waals surface area contributed by atoms with E-state index in [0.717, 1.165) is 17.8 Å². The Labute approximate surface area is 117 Å². The average molecular weight is 317 g/mol. The van der Waals surface area contributed by atoms with Crippen LogP contribution in [0.5, 0.6) is 0 Å². The van der Waals surface area contributed by atoms with E-state index in [1.807, 2.05) is 11.3 Å². The summed E-state index contributed by atoms with van der Waals surface area (Å²) < 4.78 is 0. The molecule has 2 heterocycles. The first-order chi connectivity index (χ1) is 7.99. The molecule has 1 saturated heterocycles. The molecule has 0 aliphatic carbocycles. The summed E-state index contributed by atoms with van der Waals surface area (Å²) in [5.74, 6) is 0.831. The first kappa shape index (κ1) is 13.5. The van der Waals surface area contributed by atoms with Gasteiger partial charge in [0.2, 0.25) is 0 Å². The minimum atomic E-state index is 0.179. The molecule has 1 atom stereocenters. The van der Waals surface area contributed by atoms with Crippen LogP contribution in [0.2, 0.25) is 0 Å². The number of thiazole rings is 1. The van der Waals surface area contributed by atoms with Crippen LogP contribution in [0.25, 0.3) is 0 Å². The molecule has 0 aromatic carbocycles. The second-order valence-electron chi connectivity index (χ2n) is 5.92. The molecule has 1 aliphatic rings. The van der Waals surface area contributed by atoms with Crippen molar-refractivity contribution < 1.29 is 0 Å². The largest absolute Gasteiger partial charge is 0.296 e. The van der Waals surface area contributed by atoms with Gasteiger partial charge in [0.1, 0.15) is 5.01 Å². The van der Waals surface area contributed by atoms with Crippen molar-refractivity contribution in [2.75, 3.05) is 18.4 Å². The molecule has 1 unspecified atom stereocenters. The highest BCUT2D eigenvalue weighted by atomic mass is 79.9. The van der Waals surface area contributed by atoms with E-state index in [1.54, 1.807) is 0 Å². The molecule has 0 radical (unpaired) electrons. The van der Waals surface area contributed by atoms with E-state index in [0.29, 0.717) is 0 Å². The maximum atomic E-state index is 4.76. The predicted octanol–water partition coefficient (Wildman–Crippen LogP) is 3.66. The molecule has 0 bridgehead atoms. The highest BCUT2D eigenvalue weighted by Crippen LogP contribution is 2.26. The number of rotatable bonds is 3. The normalized spacial score (nSPS) is 22.2. The van der Waals surface area contributed by atoms with Crippen LogP contribution < -0.4 is 0 Å². The van der Waals surface area contributed by atoms with E-state index >= 15 is 0 Å². The Morgan fingerprint density at radius 3 is 2.82 bits per heavy atom. The highest BCUT2D eigenvalue weighted by molar-refractivity contribution is 9.09. The second kappa shape index (κ2) is 5.37. The molecule has 0 N–H and O–H groups in total. The van der Waals surface area contributed by atoms with Gasteiger partial charge in [0.05, 0.1) is 12.2 Å². The summed E-state index contributed by atoms with van der Waals surface area (Å²) in [5, 5.41) is 4.62. The lowest BCUT2D eigenvalue weighted by atomic mass is 9.93. The number of hydrogen-bond acceptors (Lipinski definition) is 3. The Kier molecular flexibility index (Phi) is 4.26. The third-order valence-corrected chi connectivity index (χ3v) is 5.02. The molecule has 1 aliphatic heterocycles. The van der Waals surface area contributed by atoms with Crippen molar-refractivity contribution in [2.24, 2.45) is 5.92 Å². The molecule has 0 saturated carbocycles. The number of hydrogen-bond donors (Lipinski definition) is 0. The number of likely N-dealkylation sites (tertiary alicyclic amines) is 1. The molecule has 2 nitrogen and oxygen atoms in total. The molecule has 1 aromatic heterocycles. The number of nitrogens with zero attached hydrogens (tertiary/aromatic N) is 2. The van der Waals surface area contributed by atoms with Crippen molar-refractivity contribution in [3.05, 3.63) is 16.1 Å². The van der Waals surface area contributed by atoms with Crippen LogP contribution in [0.4, 0.5) is 0 Å². The fourth-order valence-corrected chi connectivity index (χ4v) is 3.69. The van der Waals surface area contributed by atoms with Gasteiger partial charge < -0.3 is 0 Å². The zero-order valence-corrected chi connectivity index (χ0v) is 13.3. The van der Waals surface area contributed by atoms with Gasteiger partial charge in [-0.2, -0.15) is 0 Å². The van der Waals surface area contributed by atoms with Gasteiger partial charge in [0.25, 0.3) is 0 Å². The predicted molar refractivity (Wildman–Crippen MR) is 78.0 cm³/mol. The summed E-state index contributed by atoms with van der Waals surface area (Å²) in [7, 11) is 0. The van der Waals surface area contributed by atoms with Crippen LogP contribution in [0.15, 0.2) is 5.38 Å². The summed E-state index contributed by atoms with van der Waals surface area (Å²) in [6, 6.07) is 0. The Hall–Kier alpha value is 0.0700. The van der Waals surface area contributed by atoms with Crippen molar-refractivity contribution in [1.29, 1.82) is 0 Å². The first-order valence-corrected chi connectivity index (χ1v) is 8.22. The third kappa shape index (κ3) is 3.52. The van der Waals surface area contributed by atoms with Gasteiger partial charge in [-0.15, -0.1) is 11.3 Å². The van der Waals surface area contributed by atoms with Crippen molar-refractivity contribution in [1.82, 2.24) is 9.88 Å². The fourth-order valence-electron chi connectivity index (χ4n) is 2.10. The van der Waals surface area contributed by atoms with E-state index in [-0.39, 0.29) is 5.41 Å². The molecule has 96 valence electrons. The van der Waals surface area contributed by atoms with E-state index < -0.39 is 0 Å². The smallest absolute Gasteiger partial charge is 0.107 e. The minimum absolute atomic E-state index is 0.179. The topological polar surface area (TPSA) is 16.1 Å². The average Bonchev–Trinajstić information content (AvgIpc) is 2.86. The van der Waals surface area contributed by atoms with Crippen LogP contribution in [-0.4, -0.2) is 28.3 Å². The van der Waals surface area contributed by atoms with Gasteiger partial charge >= 0.3 is 0 Å². The number of alkyl halides is 1. The van der Waals surface area contributed by atoms with Gasteiger partial charge in [0, 0.05) is 22.7 Å². The van der Waals surface area contributed by atoms with Gasteiger partial charge in [-0.25, -0.2) is 4.98 Å². The van der Waals surface area contributed by atoms with E-state index in [4.69, 9.17) is 4.98 Å². The van der Waals surface area contributed by atoms with Crippen molar-refractivity contribution in [2.45, 2.75) is 39.2 Å². The molecule has 4 heteroatoms. The zero-order chi connectivity index (χ0) is 12.5. The number of aromatic nitrogens is 1. The van der Waals surface area contributed by atoms with E-state index in [1.165, 1.54) is 30.2 Å². The van der Waals surface area contributed by atoms with Crippen molar-refractivity contribution in [3.8, 4) is 0 Å². The standard InChI is InChI=1S/C13H21BrN2S/c1-13(2,3)11-9-17-12(15-11)8-16-5-4-10(6-14)7-16/h9-10H,4-8H2,1-3H3. The number of halogens is 1. The lowest BCUT2D eigenvalue weighted by molar-refractivity contribution is 0.320. The Balaban J connectivity index is 1.94. The quantitative estimate of drug-likeness (QED) is 0.791. The van der Waals surface area contributed by atoms with Gasteiger partial charge in [-0.3, -0.25) is 4.90 Å². The minimum Gasteiger partial charge on any atom is -0.296 e. The molecular weight excluding hydrogens is 296 g/mol. The molecule has 1 fully saturated rings. The Morgan fingerprint density at radius 1 is 1.53 bits per heavy atom. The summed E-state index contributed by atoms with van der Waals surface area (Å²) in [5.41, 5.74) is 1.41. The summed E-state index contributed by atoms with van der Waals surface area (Å²) in [6.07, 6.45) is 1.32. The van der Waals surface area contributed by atoms with E-state index in [9.17, 15) is 0 Å². The van der Waals surface area contributed by atoms with Crippen LogP contribution in [0.1, 0.15) is 37.9 Å². The third-order valence-electron chi connectivity index (χ3n) is 3.27. The fraction of sp³-hybridized carbons (Fsp3) is 0.769. The zero-order valence-electron chi connectivity index (χ0n) is 10.9.